The van der Waals surface area contributed by atoms with Gasteiger partial charge in [-0.3, -0.25) is 4.90 Å². The van der Waals surface area contributed by atoms with E-state index in [2.05, 4.69) is 63.8 Å². The molecule has 1 atom stereocenters. The van der Waals surface area contributed by atoms with E-state index in [0.717, 1.165) is 61.3 Å². The molecule has 33 heavy (non-hydrogen) atoms. The first-order valence-corrected chi connectivity index (χ1v) is 11.2. The minimum absolute atomic E-state index is 0. The lowest BCUT2D eigenvalue weighted by Crippen LogP contribution is -2.44. The molecule has 2 aromatic carbocycles. The Bertz CT molecular complexity index is 1010. The lowest BCUT2D eigenvalue weighted by molar-refractivity contribution is 0.321. The van der Waals surface area contributed by atoms with E-state index in [1.165, 1.54) is 10.9 Å². The normalized spacial score (nSPS) is 16.5. The molecule has 3 aromatic rings. The minimum atomic E-state index is 0. The van der Waals surface area contributed by atoms with Crippen LogP contribution in [-0.4, -0.2) is 55.7 Å². The van der Waals surface area contributed by atoms with Gasteiger partial charge < -0.3 is 25.1 Å². The maximum absolute atomic E-state index is 5.41. The lowest BCUT2D eigenvalue weighted by atomic mass is 10.2. The first-order valence-electron chi connectivity index (χ1n) is 11.2. The fourth-order valence-electron chi connectivity index (χ4n) is 4.21. The smallest absolute Gasteiger partial charge is 0.191 e. The Hall–Kier alpha value is -2.46. The van der Waals surface area contributed by atoms with Crippen molar-refractivity contribution in [3.63, 3.8) is 0 Å². The molecule has 3 N–H and O–H groups in total. The van der Waals surface area contributed by atoms with Crippen LogP contribution in [0.2, 0.25) is 0 Å². The summed E-state index contributed by atoms with van der Waals surface area (Å²) < 4.78 is 10.8. The highest BCUT2D eigenvalue weighted by molar-refractivity contribution is 14.0. The highest BCUT2D eigenvalue weighted by Gasteiger charge is 2.23. The van der Waals surface area contributed by atoms with Gasteiger partial charge in [-0.05, 0) is 48.6 Å². The SMILES string of the molecule is CCNC(=NCc1cc2ccccc2[nH]1)NC1CCN(Cc2cc(OC)cc(OC)c2)C1.I. The molecule has 1 unspecified atom stereocenters. The lowest BCUT2D eigenvalue weighted by Gasteiger charge is -2.19. The molecular formula is C25H34IN5O2. The second-order valence-electron chi connectivity index (χ2n) is 8.16. The Morgan fingerprint density at radius 3 is 2.58 bits per heavy atom. The van der Waals surface area contributed by atoms with Crippen molar-refractivity contribution in [3.8, 4) is 11.5 Å². The topological polar surface area (TPSA) is 73.9 Å². The van der Waals surface area contributed by atoms with Gasteiger partial charge in [-0.2, -0.15) is 0 Å². The van der Waals surface area contributed by atoms with Gasteiger partial charge in [-0.1, -0.05) is 18.2 Å². The summed E-state index contributed by atoms with van der Waals surface area (Å²) >= 11 is 0. The predicted octanol–water partition coefficient (Wildman–Crippen LogP) is 4.13. The van der Waals surface area contributed by atoms with Crippen LogP contribution in [0.15, 0.2) is 53.5 Å². The summed E-state index contributed by atoms with van der Waals surface area (Å²) in [6.07, 6.45) is 1.08. The molecule has 0 bridgehead atoms. The molecule has 1 aromatic heterocycles. The van der Waals surface area contributed by atoms with E-state index in [1.807, 2.05) is 12.1 Å². The molecule has 1 aliphatic heterocycles. The molecular weight excluding hydrogens is 529 g/mol. The molecule has 4 rings (SSSR count). The Morgan fingerprint density at radius 2 is 1.88 bits per heavy atom. The molecule has 0 spiro atoms. The summed E-state index contributed by atoms with van der Waals surface area (Å²) in [5.41, 5.74) is 3.46. The fraction of sp³-hybridized carbons (Fsp3) is 0.400. The average molecular weight is 563 g/mol. The van der Waals surface area contributed by atoms with Crippen molar-refractivity contribution < 1.29 is 9.47 Å². The van der Waals surface area contributed by atoms with Gasteiger partial charge in [-0.25, -0.2) is 4.99 Å². The van der Waals surface area contributed by atoms with Crippen LogP contribution in [0.4, 0.5) is 0 Å². The van der Waals surface area contributed by atoms with E-state index < -0.39 is 0 Å². The van der Waals surface area contributed by atoms with Crippen molar-refractivity contribution in [2.75, 3.05) is 33.9 Å². The van der Waals surface area contributed by atoms with Crippen molar-refractivity contribution in [2.24, 2.45) is 4.99 Å². The largest absolute Gasteiger partial charge is 0.497 e. The van der Waals surface area contributed by atoms with Crippen LogP contribution in [0.5, 0.6) is 11.5 Å². The number of aromatic amines is 1. The van der Waals surface area contributed by atoms with Crippen LogP contribution in [-0.2, 0) is 13.1 Å². The first-order chi connectivity index (χ1) is 15.7. The number of ether oxygens (including phenoxy) is 2. The number of nitrogens with zero attached hydrogens (tertiary/aromatic N) is 2. The maximum atomic E-state index is 5.41. The number of H-pyrrole nitrogens is 1. The Balaban J connectivity index is 0.00000306. The van der Waals surface area contributed by atoms with E-state index in [1.54, 1.807) is 14.2 Å². The molecule has 7 nitrogen and oxygen atoms in total. The number of hydrogen-bond acceptors (Lipinski definition) is 4. The third kappa shape index (κ3) is 6.77. The van der Waals surface area contributed by atoms with Gasteiger partial charge in [0.1, 0.15) is 11.5 Å². The number of likely N-dealkylation sites (tertiary alicyclic amines) is 1. The van der Waals surface area contributed by atoms with Crippen LogP contribution in [0.1, 0.15) is 24.6 Å². The van der Waals surface area contributed by atoms with Gasteiger partial charge in [0, 0.05) is 49.5 Å². The first kappa shape index (κ1) is 25.2. The van der Waals surface area contributed by atoms with E-state index in [4.69, 9.17) is 14.5 Å². The van der Waals surface area contributed by atoms with E-state index in [0.29, 0.717) is 12.6 Å². The number of benzene rings is 2. The average Bonchev–Trinajstić information content (AvgIpc) is 3.43. The molecule has 2 heterocycles. The standard InChI is InChI=1S/C25H33N5O2.HI/c1-4-26-25(27-15-21-13-19-7-5-6-8-24(19)28-21)29-20-9-10-30(17-20)16-18-11-22(31-2)14-23(12-18)32-3;/h5-8,11-14,20,28H,4,9-10,15-17H2,1-3H3,(H2,26,27,29);1H. The number of guanidine groups is 1. The van der Waals surface area contributed by atoms with Gasteiger partial charge in [-0.15, -0.1) is 24.0 Å². The minimum Gasteiger partial charge on any atom is -0.497 e. The fourth-order valence-corrected chi connectivity index (χ4v) is 4.21. The maximum Gasteiger partial charge on any atom is 0.191 e. The van der Waals surface area contributed by atoms with Gasteiger partial charge in [0.15, 0.2) is 5.96 Å². The summed E-state index contributed by atoms with van der Waals surface area (Å²) in [6.45, 7) is 6.42. The highest BCUT2D eigenvalue weighted by atomic mass is 127. The summed E-state index contributed by atoms with van der Waals surface area (Å²) in [6, 6.07) is 16.9. The second-order valence-corrected chi connectivity index (χ2v) is 8.16. The Labute approximate surface area is 213 Å². The zero-order valence-corrected chi connectivity index (χ0v) is 21.9. The van der Waals surface area contributed by atoms with Crippen molar-refractivity contribution in [1.29, 1.82) is 0 Å². The summed E-state index contributed by atoms with van der Waals surface area (Å²) in [5, 5.41) is 8.22. The number of nitrogens with one attached hydrogen (secondary N) is 3. The van der Waals surface area contributed by atoms with Gasteiger partial charge in [0.25, 0.3) is 0 Å². The number of fused-ring (bicyclic) bond motifs is 1. The number of para-hydroxylation sites is 1. The zero-order valence-electron chi connectivity index (χ0n) is 19.6. The van der Waals surface area contributed by atoms with E-state index in [-0.39, 0.29) is 24.0 Å². The van der Waals surface area contributed by atoms with E-state index in [9.17, 15) is 0 Å². The molecule has 1 aliphatic rings. The Morgan fingerprint density at radius 1 is 1.12 bits per heavy atom. The molecule has 0 radical (unpaired) electrons. The van der Waals surface area contributed by atoms with Crippen molar-refractivity contribution >= 4 is 40.8 Å². The van der Waals surface area contributed by atoms with Gasteiger partial charge in [0.05, 0.1) is 20.8 Å². The van der Waals surface area contributed by atoms with Gasteiger partial charge >= 0.3 is 0 Å². The molecule has 0 saturated carbocycles. The third-order valence-electron chi connectivity index (χ3n) is 5.77. The third-order valence-corrected chi connectivity index (χ3v) is 5.77. The van der Waals surface area contributed by atoms with Crippen molar-refractivity contribution in [3.05, 3.63) is 59.8 Å². The number of halogens is 1. The summed E-state index contributed by atoms with van der Waals surface area (Å²) in [4.78, 5) is 10.7. The molecule has 178 valence electrons. The quantitative estimate of drug-likeness (QED) is 0.219. The van der Waals surface area contributed by atoms with Crippen LogP contribution < -0.4 is 20.1 Å². The van der Waals surface area contributed by atoms with Crippen molar-refractivity contribution in [2.45, 2.75) is 32.5 Å². The van der Waals surface area contributed by atoms with Gasteiger partial charge in [0.2, 0.25) is 0 Å². The van der Waals surface area contributed by atoms with Crippen molar-refractivity contribution in [1.82, 2.24) is 20.5 Å². The zero-order chi connectivity index (χ0) is 22.3. The van der Waals surface area contributed by atoms with E-state index >= 15 is 0 Å². The van der Waals surface area contributed by atoms with Crippen LogP contribution in [0.25, 0.3) is 10.9 Å². The number of rotatable bonds is 8. The molecule has 0 aliphatic carbocycles. The predicted molar refractivity (Wildman–Crippen MR) is 145 cm³/mol. The molecule has 1 saturated heterocycles. The highest BCUT2D eigenvalue weighted by Crippen LogP contribution is 2.24. The van der Waals surface area contributed by atoms with Crippen LogP contribution >= 0.6 is 24.0 Å². The number of hydrogen-bond donors (Lipinski definition) is 3. The van der Waals surface area contributed by atoms with Crippen LogP contribution in [0, 0.1) is 0 Å². The molecule has 8 heteroatoms. The number of aliphatic imine (C=N–C) groups is 1. The van der Waals surface area contributed by atoms with Crippen LogP contribution in [0.3, 0.4) is 0 Å². The Kier molecular flexibility index (Phi) is 9.25. The summed E-state index contributed by atoms with van der Waals surface area (Å²) in [7, 11) is 3.37. The number of methoxy groups -OCH3 is 2. The molecule has 0 amide bonds. The summed E-state index contributed by atoms with van der Waals surface area (Å²) in [5.74, 6) is 2.51. The second kappa shape index (κ2) is 12.1. The molecule has 1 fully saturated rings. The monoisotopic (exact) mass is 563 g/mol. The number of aromatic nitrogens is 1.